The molecule has 0 bridgehead atoms. The maximum absolute atomic E-state index is 12.3. The van der Waals surface area contributed by atoms with E-state index < -0.39 is 0 Å². The Labute approximate surface area is 114 Å². The average molecular weight is 262 g/mol. The van der Waals surface area contributed by atoms with E-state index >= 15 is 0 Å². The molecule has 1 aromatic rings. The predicted octanol–water partition coefficient (Wildman–Crippen LogP) is 1.86. The van der Waals surface area contributed by atoms with Crippen molar-refractivity contribution in [2.24, 2.45) is 17.6 Å². The van der Waals surface area contributed by atoms with Gasteiger partial charge in [-0.3, -0.25) is 4.79 Å². The Kier molecular flexibility index (Phi) is 4.43. The molecule has 0 saturated carbocycles. The fourth-order valence-electron chi connectivity index (χ4n) is 2.45. The first kappa shape index (κ1) is 13.9. The standard InChI is InChI=1S/C15H22N2O2/c1-10(2)12(9-16)15(18)17-13-7-8-19-14-6-4-3-5-11(13)14/h3-6,10,12-13H,7-9,16H2,1-2H3,(H,17,18). The molecule has 4 nitrogen and oxygen atoms in total. The summed E-state index contributed by atoms with van der Waals surface area (Å²) in [4.78, 5) is 12.3. The summed E-state index contributed by atoms with van der Waals surface area (Å²) in [6, 6.07) is 7.89. The normalized spacial score (nSPS) is 19.5. The van der Waals surface area contributed by atoms with E-state index in [-0.39, 0.29) is 23.8 Å². The highest BCUT2D eigenvalue weighted by atomic mass is 16.5. The van der Waals surface area contributed by atoms with Gasteiger partial charge in [0.1, 0.15) is 5.75 Å². The van der Waals surface area contributed by atoms with Gasteiger partial charge < -0.3 is 15.8 Å². The zero-order chi connectivity index (χ0) is 13.8. The maximum atomic E-state index is 12.3. The molecule has 0 radical (unpaired) electrons. The fourth-order valence-corrected chi connectivity index (χ4v) is 2.45. The third-order valence-electron chi connectivity index (χ3n) is 3.67. The maximum Gasteiger partial charge on any atom is 0.225 e. The Morgan fingerprint density at radius 1 is 1.47 bits per heavy atom. The zero-order valence-electron chi connectivity index (χ0n) is 11.6. The number of carbonyl (C=O) groups is 1. The van der Waals surface area contributed by atoms with E-state index in [4.69, 9.17) is 10.5 Å². The number of hydrogen-bond donors (Lipinski definition) is 2. The number of ether oxygens (including phenoxy) is 1. The Bertz CT molecular complexity index is 446. The highest BCUT2D eigenvalue weighted by Crippen LogP contribution is 2.31. The van der Waals surface area contributed by atoms with E-state index in [2.05, 4.69) is 5.32 Å². The van der Waals surface area contributed by atoms with Gasteiger partial charge in [-0.15, -0.1) is 0 Å². The third-order valence-corrected chi connectivity index (χ3v) is 3.67. The van der Waals surface area contributed by atoms with Gasteiger partial charge in [-0.1, -0.05) is 32.0 Å². The zero-order valence-corrected chi connectivity index (χ0v) is 11.6. The molecule has 1 heterocycles. The van der Waals surface area contributed by atoms with Gasteiger partial charge in [-0.2, -0.15) is 0 Å². The smallest absolute Gasteiger partial charge is 0.225 e. The topological polar surface area (TPSA) is 64.4 Å². The van der Waals surface area contributed by atoms with Gasteiger partial charge in [0.15, 0.2) is 0 Å². The highest BCUT2D eigenvalue weighted by molar-refractivity contribution is 5.79. The van der Waals surface area contributed by atoms with Gasteiger partial charge in [0.2, 0.25) is 5.91 Å². The second kappa shape index (κ2) is 6.06. The minimum absolute atomic E-state index is 0.0326. The van der Waals surface area contributed by atoms with Crippen molar-refractivity contribution >= 4 is 5.91 Å². The first-order valence-corrected chi connectivity index (χ1v) is 6.85. The van der Waals surface area contributed by atoms with Crippen molar-refractivity contribution in [1.82, 2.24) is 5.32 Å². The van der Waals surface area contributed by atoms with Crippen LogP contribution in [0.3, 0.4) is 0 Å². The summed E-state index contributed by atoms with van der Waals surface area (Å²) in [6.45, 7) is 5.06. The molecule has 1 aromatic carbocycles. The summed E-state index contributed by atoms with van der Waals surface area (Å²) in [5.41, 5.74) is 6.75. The Hall–Kier alpha value is -1.55. The van der Waals surface area contributed by atoms with E-state index in [0.29, 0.717) is 13.2 Å². The number of rotatable bonds is 4. The van der Waals surface area contributed by atoms with Gasteiger partial charge in [0.25, 0.3) is 0 Å². The van der Waals surface area contributed by atoms with Crippen LogP contribution in [0.4, 0.5) is 0 Å². The Balaban J connectivity index is 2.10. The highest BCUT2D eigenvalue weighted by Gasteiger charge is 2.27. The van der Waals surface area contributed by atoms with Crippen LogP contribution in [0.2, 0.25) is 0 Å². The molecule has 1 amide bonds. The fraction of sp³-hybridized carbons (Fsp3) is 0.533. The molecule has 19 heavy (non-hydrogen) atoms. The minimum Gasteiger partial charge on any atom is -0.493 e. The van der Waals surface area contributed by atoms with Crippen molar-refractivity contribution in [1.29, 1.82) is 0 Å². The molecule has 2 rings (SSSR count). The molecule has 2 atom stereocenters. The quantitative estimate of drug-likeness (QED) is 0.870. The lowest BCUT2D eigenvalue weighted by atomic mass is 9.93. The molecule has 4 heteroatoms. The summed E-state index contributed by atoms with van der Waals surface area (Å²) in [5.74, 6) is 1.03. The van der Waals surface area contributed by atoms with Crippen molar-refractivity contribution in [2.75, 3.05) is 13.2 Å². The summed E-state index contributed by atoms with van der Waals surface area (Å²) in [6.07, 6.45) is 0.804. The summed E-state index contributed by atoms with van der Waals surface area (Å²) in [7, 11) is 0. The lowest BCUT2D eigenvalue weighted by Gasteiger charge is -2.28. The number of amides is 1. The number of para-hydroxylation sites is 1. The second-order valence-electron chi connectivity index (χ2n) is 5.32. The van der Waals surface area contributed by atoms with E-state index in [1.165, 1.54) is 0 Å². The first-order valence-electron chi connectivity index (χ1n) is 6.85. The van der Waals surface area contributed by atoms with Crippen LogP contribution in [0.15, 0.2) is 24.3 Å². The Morgan fingerprint density at radius 2 is 2.21 bits per heavy atom. The lowest BCUT2D eigenvalue weighted by molar-refractivity contribution is -0.126. The SMILES string of the molecule is CC(C)C(CN)C(=O)NC1CCOc2ccccc21. The van der Waals surface area contributed by atoms with Crippen LogP contribution >= 0.6 is 0 Å². The van der Waals surface area contributed by atoms with E-state index in [0.717, 1.165) is 17.7 Å². The second-order valence-corrected chi connectivity index (χ2v) is 5.32. The number of carbonyl (C=O) groups excluding carboxylic acids is 1. The first-order chi connectivity index (χ1) is 9.13. The average Bonchev–Trinajstić information content (AvgIpc) is 2.39. The number of benzene rings is 1. The Morgan fingerprint density at radius 3 is 2.89 bits per heavy atom. The molecular formula is C15H22N2O2. The van der Waals surface area contributed by atoms with Crippen molar-refractivity contribution in [3.63, 3.8) is 0 Å². The van der Waals surface area contributed by atoms with Crippen LogP contribution < -0.4 is 15.8 Å². The number of fused-ring (bicyclic) bond motifs is 1. The van der Waals surface area contributed by atoms with Gasteiger partial charge in [-0.05, 0) is 12.0 Å². The van der Waals surface area contributed by atoms with Crippen LogP contribution in [0.25, 0.3) is 0 Å². The molecule has 2 unspecified atom stereocenters. The van der Waals surface area contributed by atoms with E-state index in [9.17, 15) is 4.79 Å². The van der Waals surface area contributed by atoms with Crippen molar-refractivity contribution < 1.29 is 9.53 Å². The molecule has 0 aliphatic carbocycles. The largest absolute Gasteiger partial charge is 0.493 e. The van der Waals surface area contributed by atoms with E-state index in [1.54, 1.807) is 0 Å². The molecule has 104 valence electrons. The molecule has 1 aliphatic heterocycles. The van der Waals surface area contributed by atoms with Crippen molar-refractivity contribution in [2.45, 2.75) is 26.3 Å². The molecular weight excluding hydrogens is 240 g/mol. The van der Waals surface area contributed by atoms with Crippen LogP contribution in [0.5, 0.6) is 5.75 Å². The molecule has 0 aromatic heterocycles. The molecule has 1 aliphatic rings. The minimum atomic E-state index is -0.130. The van der Waals surface area contributed by atoms with E-state index in [1.807, 2.05) is 38.1 Å². The van der Waals surface area contributed by atoms with Crippen LogP contribution in [0.1, 0.15) is 31.9 Å². The van der Waals surface area contributed by atoms with Crippen LogP contribution in [-0.2, 0) is 4.79 Å². The van der Waals surface area contributed by atoms with Crippen LogP contribution in [0, 0.1) is 11.8 Å². The summed E-state index contributed by atoms with van der Waals surface area (Å²) in [5, 5.41) is 3.11. The number of nitrogens with two attached hydrogens (primary N) is 1. The van der Waals surface area contributed by atoms with Gasteiger partial charge in [-0.25, -0.2) is 0 Å². The molecule has 0 saturated heterocycles. The van der Waals surface area contributed by atoms with Gasteiger partial charge >= 0.3 is 0 Å². The van der Waals surface area contributed by atoms with Crippen molar-refractivity contribution in [3.8, 4) is 5.75 Å². The third kappa shape index (κ3) is 3.07. The van der Waals surface area contributed by atoms with Crippen molar-refractivity contribution in [3.05, 3.63) is 29.8 Å². The molecule has 0 fully saturated rings. The molecule has 0 spiro atoms. The predicted molar refractivity (Wildman–Crippen MR) is 74.8 cm³/mol. The number of hydrogen-bond acceptors (Lipinski definition) is 3. The van der Waals surface area contributed by atoms with Gasteiger partial charge in [0, 0.05) is 18.5 Å². The lowest BCUT2D eigenvalue weighted by Crippen LogP contribution is -2.41. The number of nitrogens with one attached hydrogen (secondary N) is 1. The monoisotopic (exact) mass is 262 g/mol. The summed E-state index contributed by atoms with van der Waals surface area (Å²) >= 11 is 0. The van der Waals surface area contributed by atoms with Gasteiger partial charge in [0.05, 0.1) is 18.6 Å². The summed E-state index contributed by atoms with van der Waals surface area (Å²) < 4.78 is 5.59. The molecule has 3 N–H and O–H groups in total. The van der Waals surface area contributed by atoms with Crippen LogP contribution in [-0.4, -0.2) is 19.1 Å².